The first-order valence-corrected chi connectivity index (χ1v) is 7.74. The summed E-state index contributed by atoms with van der Waals surface area (Å²) in [5, 5.41) is 4.35. The van der Waals surface area contributed by atoms with Crippen molar-refractivity contribution >= 4 is 12.7 Å². The van der Waals surface area contributed by atoms with Crippen molar-refractivity contribution in [3.05, 3.63) is 11.8 Å². The highest BCUT2D eigenvalue weighted by atomic mass is 16.7. The largest absolute Gasteiger partial charge is 0.514 e. The van der Waals surface area contributed by atoms with Gasteiger partial charge < -0.3 is 14.0 Å². The van der Waals surface area contributed by atoms with Crippen LogP contribution in [0.1, 0.15) is 46.1 Å². The van der Waals surface area contributed by atoms with Crippen LogP contribution in [0.3, 0.4) is 0 Å². The van der Waals surface area contributed by atoms with Gasteiger partial charge in [0, 0.05) is 19.2 Å². The highest BCUT2D eigenvalue weighted by Crippen LogP contribution is 2.36. The third-order valence-corrected chi connectivity index (χ3v) is 4.85. The number of nitrogens with zero attached hydrogens (tertiary/aromatic N) is 2. The molecule has 116 valence electrons. The van der Waals surface area contributed by atoms with Crippen LogP contribution in [0.25, 0.3) is 0 Å². The number of aryl methyl sites for hydroxylation is 1. The molecule has 2 heterocycles. The Bertz CT molecular complexity index is 507. The van der Waals surface area contributed by atoms with Crippen LogP contribution in [0, 0.1) is 5.92 Å². The van der Waals surface area contributed by atoms with E-state index in [-0.39, 0.29) is 18.3 Å². The lowest BCUT2D eigenvalue weighted by molar-refractivity contribution is 0.00578. The van der Waals surface area contributed by atoms with Gasteiger partial charge >= 0.3 is 7.12 Å². The molecule has 5 nitrogen and oxygen atoms in total. The second kappa shape index (κ2) is 5.11. The number of rotatable bonds is 5. The molecule has 0 spiro atoms. The first-order valence-electron chi connectivity index (χ1n) is 7.74. The van der Waals surface area contributed by atoms with E-state index >= 15 is 0 Å². The summed E-state index contributed by atoms with van der Waals surface area (Å²) < 4.78 is 19.9. The molecule has 1 aromatic heterocycles. The molecule has 0 amide bonds. The van der Waals surface area contributed by atoms with Crippen LogP contribution in [-0.2, 0) is 27.7 Å². The van der Waals surface area contributed by atoms with Crippen LogP contribution in [-0.4, -0.2) is 34.7 Å². The molecule has 0 N–H and O–H groups in total. The smallest absolute Gasteiger partial charge is 0.398 e. The summed E-state index contributed by atoms with van der Waals surface area (Å²) in [5.41, 5.74) is 1.34. The fourth-order valence-electron chi connectivity index (χ4n) is 2.48. The molecule has 2 aliphatic rings. The zero-order valence-electron chi connectivity index (χ0n) is 13.7. The third kappa shape index (κ3) is 2.89. The van der Waals surface area contributed by atoms with Gasteiger partial charge in [-0.15, -0.1) is 0 Å². The van der Waals surface area contributed by atoms with Gasteiger partial charge in [-0.05, 0) is 46.5 Å². The van der Waals surface area contributed by atoms with Crippen LogP contribution < -0.4 is 5.59 Å². The van der Waals surface area contributed by atoms with Crippen molar-refractivity contribution in [2.24, 2.45) is 13.0 Å². The Labute approximate surface area is 127 Å². The summed E-state index contributed by atoms with van der Waals surface area (Å²) in [6.45, 7) is 9.67. The molecular weight excluding hydrogens is 267 g/mol. The van der Waals surface area contributed by atoms with Gasteiger partial charge in [-0.3, -0.25) is 4.68 Å². The zero-order chi connectivity index (χ0) is 15.3. The van der Waals surface area contributed by atoms with Gasteiger partial charge in [-0.25, -0.2) is 0 Å². The van der Waals surface area contributed by atoms with Crippen LogP contribution >= 0.6 is 0 Å². The Morgan fingerprint density at radius 3 is 2.48 bits per heavy atom. The molecular formula is C15H25BN2O3. The molecule has 6 heteroatoms. The van der Waals surface area contributed by atoms with E-state index in [1.54, 1.807) is 0 Å². The molecule has 1 saturated heterocycles. The monoisotopic (exact) mass is 292 g/mol. The first-order chi connectivity index (χ1) is 9.80. The van der Waals surface area contributed by atoms with E-state index in [0.29, 0.717) is 6.61 Å². The summed E-state index contributed by atoms with van der Waals surface area (Å²) in [6, 6.07) is 0. The van der Waals surface area contributed by atoms with Crippen molar-refractivity contribution < 1.29 is 14.0 Å². The Balaban J connectivity index is 1.74. The average Bonchev–Trinajstić information content (AvgIpc) is 3.06. The van der Waals surface area contributed by atoms with E-state index in [9.17, 15) is 0 Å². The van der Waals surface area contributed by atoms with Crippen LogP contribution in [0.15, 0.2) is 6.20 Å². The average molecular weight is 292 g/mol. The molecule has 0 unspecified atom stereocenters. The van der Waals surface area contributed by atoms with Gasteiger partial charge in [-0.2, -0.15) is 5.10 Å². The summed E-state index contributed by atoms with van der Waals surface area (Å²) in [4.78, 5) is 0. The number of hydrogen-bond donors (Lipinski definition) is 0. The Kier molecular flexibility index (Phi) is 3.67. The molecule has 2 fully saturated rings. The van der Waals surface area contributed by atoms with E-state index in [4.69, 9.17) is 14.0 Å². The van der Waals surface area contributed by atoms with Crippen molar-refractivity contribution in [1.82, 2.24) is 9.78 Å². The van der Waals surface area contributed by atoms with Crippen molar-refractivity contribution in [3.63, 3.8) is 0 Å². The quantitative estimate of drug-likeness (QED) is 0.774. The van der Waals surface area contributed by atoms with Gasteiger partial charge in [0.2, 0.25) is 0 Å². The molecule has 0 bridgehead atoms. The highest BCUT2D eigenvalue weighted by molar-refractivity contribution is 6.61. The summed E-state index contributed by atoms with van der Waals surface area (Å²) in [6.07, 6.45) is 4.46. The molecule has 1 saturated carbocycles. The fraction of sp³-hybridized carbons (Fsp3) is 0.800. The lowest BCUT2D eigenvalue weighted by Crippen LogP contribution is -2.41. The topological polar surface area (TPSA) is 45.5 Å². The molecule has 0 aromatic carbocycles. The van der Waals surface area contributed by atoms with Crippen molar-refractivity contribution in [2.45, 2.75) is 58.3 Å². The molecule has 0 atom stereocenters. The van der Waals surface area contributed by atoms with Crippen LogP contribution in [0.4, 0.5) is 0 Å². The van der Waals surface area contributed by atoms with Crippen molar-refractivity contribution in [3.8, 4) is 0 Å². The van der Waals surface area contributed by atoms with Gasteiger partial charge in [0.05, 0.1) is 29.6 Å². The molecule has 3 rings (SSSR count). The maximum atomic E-state index is 6.13. The maximum Gasteiger partial charge on any atom is 0.514 e. The number of hydrogen-bond acceptors (Lipinski definition) is 4. The molecule has 21 heavy (non-hydrogen) atoms. The Hall–Kier alpha value is -0.845. The zero-order valence-corrected chi connectivity index (χ0v) is 13.7. The molecule has 1 aliphatic carbocycles. The molecule has 1 aliphatic heterocycles. The lowest BCUT2D eigenvalue weighted by Gasteiger charge is -2.32. The van der Waals surface area contributed by atoms with E-state index in [2.05, 4.69) is 32.8 Å². The molecule has 0 radical (unpaired) electrons. The van der Waals surface area contributed by atoms with Gasteiger partial charge in [-0.1, -0.05) is 0 Å². The first kappa shape index (κ1) is 15.1. The van der Waals surface area contributed by atoms with E-state index in [0.717, 1.165) is 23.7 Å². The lowest BCUT2D eigenvalue weighted by atomic mass is 9.82. The predicted molar refractivity (Wildman–Crippen MR) is 81.3 cm³/mol. The third-order valence-electron chi connectivity index (χ3n) is 4.85. The van der Waals surface area contributed by atoms with Crippen molar-refractivity contribution in [1.29, 1.82) is 0 Å². The van der Waals surface area contributed by atoms with E-state index in [1.807, 2.05) is 17.9 Å². The maximum absolute atomic E-state index is 6.13. The summed E-state index contributed by atoms with van der Waals surface area (Å²) in [5.74, 6) is 0.766. The van der Waals surface area contributed by atoms with Crippen LogP contribution in [0.2, 0.25) is 0 Å². The van der Waals surface area contributed by atoms with Gasteiger partial charge in [0.1, 0.15) is 0 Å². The second-order valence-electron chi connectivity index (χ2n) is 7.23. The summed E-state index contributed by atoms with van der Waals surface area (Å²) >= 11 is 0. The van der Waals surface area contributed by atoms with Gasteiger partial charge in [0.25, 0.3) is 0 Å². The summed E-state index contributed by atoms with van der Waals surface area (Å²) in [7, 11) is 1.53. The SMILES string of the molecule is Cn1ncc(COCC2CC2)c1B1OC(C)(C)C(C)(C)O1. The molecule has 1 aromatic rings. The van der Waals surface area contributed by atoms with E-state index < -0.39 is 0 Å². The number of aromatic nitrogens is 2. The standard InChI is InChI=1S/C15H25BN2O3/c1-14(2)15(3,4)21-16(20-14)13-12(8-17-18(13)5)10-19-9-11-6-7-11/h8,11H,6-7,9-10H2,1-5H3. The second-order valence-corrected chi connectivity index (χ2v) is 7.23. The minimum Gasteiger partial charge on any atom is -0.398 e. The normalized spacial score (nSPS) is 23.8. The predicted octanol–water partition coefficient (Wildman–Crippen LogP) is 1.65. The highest BCUT2D eigenvalue weighted by Gasteiger charge is 2.53. The minimum atomic E-state index is -0.387. The number of ether oxygens (including phenoxy) is 1. The van der Waals surface area contributed by atoms with Crippen LogP contribution in [0.5, 0.6) is 0 Å². The van der Waals surface area contributed by atoms with Crippen molar-refractivity contribution in [2.75, 3.05) is 6.61 Å². The minimum absolute atomic E-state index is 0.339. The van der Waals surface area contributed by atoms with E-state index in [1.165, 1.54) is 12.8 Å². The van der Waals surface area contributed by atoms with Gasteiger partial charge in [0.15, 0.2) is 0 Å². The Morgan fingerprint density at radius 2 is 1.90 bits per heavy atom. The Morgan fingerprint density at radius 1 is 1.29 bits per heavy atom. The fourth-order valence-corrected chi connectivity index (χ4v) is 2.48.